The summed E-state index contributed by atoms with van der Waals surface area (Å²) >= 11 is 6.02. The molecule has 1 N–H and O–H groups in total. The Morgan fingerprint density at radius 1 is 1.21 bits per heavy atom. The Morgan fingerprint density at radius 3 is 2.61 bits per heavy atom. The van der Waals surface area contributed by atoms with Crippen LogP contribution in [0.3, 0.4) is 0 Å². The summed E-state index contributed by atoms with van der Waals surface area (Å²) in [5.74, 6) is -0.662. The minimum Gasteiger partial charge on any atom is -0.479 e. The molecule has 0 saturated heterocycles. The highest BCUT2D eigenvalue weighted by atomic mass is 35.5. The Kier molecular flexibility index (Phi) is 5.84. The Morgan fingerprint density at radius 2 is 1.93 bits per heavy atom. The van der Waals surface area contributed by atoms with E-state index in [1.54, 1.807) is 56.3 Å². The Bertz CT molecular complexity index is 913. The van der Waals surface area contributed by atoms with Gasteiger partial charge in [0.1, 0.15) is 12.3 Å². The van der Waals surface area contributed by atoms with E-state index < -0.39 is 18.0 Å². The molecule has 8 heteroatoms. The minimum atomic E-state index is -0.703. The molecule has 2 amide bonds. The molecule has 146 valence electrons. The van der Waals surface area contributed by atoms with E-state index in [0.29, 0.717) is 27.7 Å². The quantitative estimate of drug-likeness (QED) is 0.776. The number of rotatable bonds is 5. The van der Waals surface area contributed by atoms with Crippen molar-refractivity contribution in [1.29, 1.82) is 0 Å². The molecule has 0 saturated carbocycles. The summed E-state index contributed by atoms with van der Waals surface area (Å²) in [7, 11) is 0. The first kappa shape index (κ1) is 19.7. The molecule has 2 aromatic rings. The van der Waals surface area contributed by atoms with Crippen molar-refractivity contribution in [2.75, 3.05) is 23.4 Å². The summed E-state index contributed by atoms with van der Waals surface area (Å²) in [5, 5.41) is 3.14. The van der Waals surface area contributed by atoms with Crippen LogP contribution in [-0.2, 0) is 14.3 Å². The molecule has 3 rings (SSSR count). The molecular formula is C20H19ClN2O5. The van der Waals surface area contributed by atoms with Crippen molar-refractivity contribution in [3.05, 3.63) is 53.1 Å². The van der Waals surface area contributed by atoms with E-state index in [0.717, 1.165) is 0 Å². The number of anilines is 2. The van der Waals surface area contributed by atoms with Crippen LogP contribution in [0, 0.1) is 0 Å². The summed E-state index contributed by atoms with van der Waals surface area (Å²) in [6.07, 6.45) is -0.703. The number of fused-ring (bicyclic) bond motifs is 1. The second-order valence-electron chi connectivity index (χ2n) is 6.14. The first-order valence-electron chi connectivity index (χ1n) is 8.73. The van der Waals surface area contributed by atoms with Crippen LogP contribution in [0.15, 0.2) is 42.5 Å². The maximum atomic E-state index is 12.5. The molecule has 0 spiro atoms. The third-order valence-corrected chi connectivity index (χ3v) is 4.35. The van der Waals surface area contributed by atoms with Crippen LogP contribution in [0.25, 0.3) is 0 Å². The smallest absolute Gasteiger partial charge is 0.338 e. The molecule has 0 radical (unpaired) electrons. The fourth-order valence-electron chi connectivity index (χ4n) is 2.79. The standard InChI is InChI=1S/C20H19ClN2O5/c1-3-27-20(26)13-4-7-15(8-5-13)22-18(24)11-23-16-10-14(21)6-9-17(16)28-12(2)19(23)25/h4-10,12H,3,11H2,1-2H3,(H,22,24). The fraction of sp³-hybridized carbons (Fsp3) is 0.250. The number of hydrogen-bond donors (Lipinski definition) is 1. The first-order valence-corrected chi connectivity index (χ1v) is 9.11. The summed E-state index contributed by atoms with van der Waals surface area (Å²) < 4.78 is 10.5. The summed E-state index contributed by atoms with van der Waals surface area (Å²) in [5.41, 5.74) is 1.34. The predicted molar refractivity (Wildman–Crippen MR) is 105 cm³/mol. The summed E-state index contributed by atoms with van der Waals surface area (Å²) in [6, 6.07) is 11.2. The third kappa shape index (κ3) is 4.26. The van der Waals surface area contributed by atoms with Crippen LogP contribution >= 0.6 is 11.6 Å². The maximum absolute atomic E-state index is 12.5. The minimum absolute atomic E-state index is 0.195. The van der Waals surface area contributed by atoms with Crippen molar-refractivity contribution in [3.8, 4) is 5.75 Å². The van der Waals surface area contributed by atoms with Gasteiger partial charge in [0.15, 0.2) is 6.10 Å². The highest BCUT2D eigenvalue weighted by Crippen LogP contribution is 2.36. The molecule has 28 heavy (non-hydrogen) atoms. The molecule has 1 unspecified atom stereocenters. The number of halogens is 1. The number of esters is 1. The van der Waals surface area contributed by atoms with Crippen molar-refractivity contribution in [1.82, 2.24) is 0 Å². The number of carbonyl (C=O) groups is 3. The van der Waals surface area contributed by atoms with Gasteiger partial charge in [-0.3, -0.25) is 14.5 Å². The number of hydrogen-bond acceptors (Lipinski definition) is 5. The Labute approximate surface area is 167 Å². The van der Waals surface area contributed by atoms with E-state index in [1.807, 2.05) is 0 Å². The van der Waals surface area contributed by atoms with Gasteiger partial charge in [0, 0.05) is 10.7 Å². The molecule has 0 aromatic heterocycles. The molecule has 1 aliphatic rings. The van der Waals surface area contributed by atoms with Crippen LogP contribution in [-0.4, -0.2) is 37.0 Å². The zero-order valence-electron chi connectivity index (χ0n) is 15.4. The van der Waals surface area contributed by atoms with Gasteiger partial charge in [-0.25, -0.2) is 4.79 Å². The summed E-state index contributed by atoms with van der Waals surface area (Å²) in [6.45, 7) is 3.44. The Balaban J connectivity index is 1.72. The zero-order chi connectivity index (χ0) is 20.3. The largest absolute Gasteiger partial charge is 0.479 e. The fourth-order valence-corrected chi connectivity index (χ4v) is 2.96. The van der Waals surface area contributed by atoms with Gasteiger partial charge in [-0.2, -0.15) is 0 Å². The lowest BCUT2D eigenvalue weighted by molar-refractivity contribution is -0.127. The van der Waals surface area contributed by atoms with Crippen LogP contribution < -0.4 is 15.0 Å². The van der Waals surface area contributed by atoms with Gasteiger partial charge in [-0.1, -0.05) is 11.6 Å². The third-order valence-electron chi connectivity index (χ3n) is 4.11. The van der Waals surface area contributed by atoms with E-state index in [9.17, 15) is 14.4 Å². The SMILES string of the molecule is CCOC(=O)c1ccc(NC(=O)CN2C(=O)C(C)Oc3ccc(Cl)cc32)cc1. The number of nitrogens with zero attached hydrogens (tertiary/aromatic N) is 1. The second kappa shape index (κ2) is 8.31. The lowest BCUT2D eigenvalue weighted by Crippen LogP contribution is -2.47. The molecular weight excluding hydrogens is 384 g/mol. The first-order chi connectivity index (χ1) is 13.4. The molecule has 1 aliphatic heterocycles. The van der Waals surface area contributed by atoms with Crippen molar-refractivity contribution >= 4 is 40.8 Å². The van der Waals surface area contributed by atoms with Crippen molar-refractivity contribution in [2.45, 2.75) is 20.0 Å². The highest BCUT2D eigenvalue weighted by molar-refractivity contribution is 6.31. The topological polar surface area (TPSA) is 84.9 Å². The average molecular weight is 403 g/mol. The monoisotopic (exact) mass is 402 g/mol. The number of nitrogens with one attached hydrogen (secondary N) is 1. The number of benzene rings is 2. The molecule has 1 atom stereocenters. The van der Waals surface area contributed by atoms with Gasteiger partial charge in [0.2, 0.25) is 5.91 Å². The zero-order valence-corrected chi connectivity index (χ0v) is 16.2. The number of amides is 2. The van der Waals surface area contributed by atoms with Gasteiger partial charge in [0.05, 0.1) is 17.9 Å². The van der Waals surface area contributed by atoms with E-state index in [4.69, 9.17) is 21.1 Å². The van der Waals surface area contributed by atoms with Crippen LogP contribution in [0.2, 0.25) is 5.02 Å². The van der Waals surface area contributed by atoms with Gasteiger partial charge in [0.25, 0.3) is 5.91 Å². The summed E-state index contributed by atoms with van der Waals surface area (Å²) in [4.78, 5) is 38.0. The molecule has 2 aromatic carbocycles. The number of carbonyl (C=O) groups excluding carboxylic acids is 3. The highest BCUT2D eigenvalue weighted by Gasteiger charge is 2.32. The molecule has 1 heterocycles. The normalized spacial score (nSPS) is 15.5. The van der Waals surface area contributed by atoms with E-state index in [1.165, 1.54) is 4.90 Å². The maximum Gasteiger partial charge on any atom is 0.338 e. The molecule has 0 aliphatic carbocycles. The number of ether oxygens (including phenoxy) is 2. The molecule has 0 fully saturated rings. The van der Waals surface area contributed by atoms with Gasteiger partial charge in [-0.05, 0) is 56.3 Å². The van der Waals surface area contributed by atoms with Crippen LogP contribution in [0.1, 0.15) is 24.2 Å². The van der Waals surface area contributed by atoms with E-state index in [-0.39, 0.29) is 19.1 Å². The predicted octanol–water partition coefficient (Wildman–Crippen LogP) is 3.27. The van der Waals surface area contributed by atoms with Gasteiger partial charge >= 0.3 is 5.97 Å². The lowest BCUT2D eigenvalue weighted by atomic mass is 10.2. The van der Waals surface area contributed by atoms with Crippen LogP contribution in [0.5, 0.6) is 5.75 Å². The van der Waals surface area contributed by atoms with Crippen molar-refractivity contribution < 1.29 is 23.9 Å². The second-order valence-corrected chi connectivity index (χ2v) is 6.58. The Hall–Kier alpha value is -3.06. The average Bonchev–Trinajstić information content (AvgIpc) is 2.67. The van der Waals surface area contributed by atoms with E-state index >= 15 is 0 Å². The van der Waals surface area contributed by atoms with Crippen LogP contribution in [0.4, 0.5) is 11.4 Å². The molecule has 7 nitrogen and oxygen atoms in total. The van der Waals surface area contributed by atoms with Gasteiger partial charge < -0.3 is 14.8 Å². The lowest BCUT2D eigenvalue weighted by Gasteiger charge is -2.32. The van der Waals surface area contributed by atoms with E-state index in [2.05, 4.69) is 5.32 Å². The van der Waals surface area contributed by atoms with Crippen molar-refractivity contribution in [3.63, 3.8) is 0 Å². The van der Waals surface area contributed by atoms with Crippen molar-refractivity contribution in [2.24, 2.45) is 0 Å². The molecule has 0 bridgehead atoms. The van der Waals surface area contributed by atoms with Gasteiger partial charge in [-0.15, -0.1) is 0 Å².